The third-order valence-corrected chi connectivity index (χ3v) is 4.24. The Balaban J connectivity index is 1.60. The lowest BCUT2D eigenvalue weighted by atomic mass is 10.2. The van der Waals surface area contributed by atoms with Gasteiger partial charge in [0.1, 0.15) is 18.1 Å². The van der Waals surface area contributed by atoms with Gasteiger partial charge in [-0.2, -0.15) is 0 Å². The lowest BCUT2D eigenvalue weighted by Crippen LogP contribution is -3.13. The predicted molar refractivity (Wildman–Crippen MR) is 90.6 cm³/mol. The highest BCUT2D eigenvalue weighted by Crippen LogP contribution is 2.17. The van der Waals surface area contributed by atoms with Crippen molar-refractivity contribution < 1.29 is 18.8 Å². The van der Waals surface area contributed by atoms with Crippen LogP contribution in [0.2, 0.25) is 0 Å². The van der Waals surface area contributed by atoms with Gasteiger partial charge < -0.3 is 15.0 Å². The van der Waals surface area contributed by atoms with Crippen molar-refractivity contribution in [3.05, 3.63) is 59.9 Å². The number of carbonyl (C=O) groups excluding carboxylic acids is 1. The molecular weight excluding hydrogens is 307 g/mol. The van der Waals surface area contributed by atoms with E-state index >= 15 is 0 Å². The molecule has 1 amide bonds. The van der Waals surface area contributed by atoms with Crippen LogP contribution in [0.3, 0.4) is 0 Å². The molecule has 126 valence electrons. The van der Waals surface area contributed by atoms with Crippen LogP contribution >= 0.6 is 0 Å². The summed E-state index contributed by atoms with van der Waals surface area (Å²) in [4.78, 5) is 13.5. The Kier molecular flexibility index (Phi) is 5.11. The maximum atomic E-state index is 13.2. The molecule has 0 radical (unpaired) electrons. The Morgan fingerprint density at radius 3 is 2.62 bits per heavy atom. The van der Waals surface area contributed by atoms with Gasteiger partial charge >= 0.3 is 0 Å². The van der Waals surface area contributed by atoms with Crippen LogP contribution in [0.5, 0.6) is 5.75 Å². The fourth-order valence-corrected chi connectivity index (χ4v) is 2.83. The van der Waals surface area contributed by atoms with Crippen molar-refractivity contribution in [1.29, 1.82) is 0 Å². The monoisotopic (exact) mass is 329 g/mol. The third kappa shape index (κ3) is 4.55. The van der Waals surface area contributed by atoms with E-state index in [-0.39, 0.29) is 11.7 Å². The first-order chi connectivity index (χ1) is 11.6. The average molecular weight is 329 g/mol. The van der Waals surface area contributed by atoms with E-state index in [0.717, 1.165) is 25.1 Å². The number of halogens is 1. The van der Waals surface area contributed by atoms with Crippen molar-refractivity contribution in [2.24, 2.45) is 0 Å². The maximum absolute atomic E-state index is 13.2. The number of carbonyl (C=O) groups is 1. The average Bonchev–Trinajstić information content (AvgIpc) is 3.40. The molecule has 5 heteroatoms. The second-order valence-electron chi connectivity index (χ2n) is 6.19. The van der Waals surface area contributed by atoms with Crippen LogP contribution in [0.4, 0.5) is 10.1 Å². The Morgan fingerprint density at radius 1 is 1.25 bits per heavy atom. The molecule has 0 heterocycles. The molecule has 2 aromatic rings. The van der Waals surface area contributed by atoms with E-state index in [1.165, 1.54) is 22.6 Å². The molecule has 0 saturated heterocycles. The number of ether oxygens (including phenoxy) is 1. The summed E-state index contributed by atoms with van der Waals surface area (Å²) in [7, 11) is 1.65. The fourth-order valence-electron chi connectivity index (χ4n) is 2.83. The summed E-state index contributed by atoms with van der Waals surface area (Å²) in [5, 5.41) is 2.78. The number of quaternary nitrogens is 1. The van der Waals surface area contributed by atoms with Gasteiger partial charge in [0.15, 0.2) is 6.54 Å². The molecule has 0 spiro atoms. The van der Waals surface area contributed by atoms with Gasteiger partial charge in [-0.15, -0.1) is 0 Å². The molecule has 24 heavy (non-hydrogen) atoms. The number of hydrogen-bond acceptors (Lipinski definition) is 2. The number of anilines is 1. The van der Waals surface area contributed by atoms with Crippen LogP contribution in [0, 0.1) is 5.82 Å². The van der Waals surface area contributed by atoms with Crippen molar-refractivity contribution in [3.8, 4) is 5.75 Å². The van der Waals surface area contributed by atoms with Crippen molar-refractivity contribution in [2.75, 3.05) is 19.0 Å². The van der Waals surface area contributed by atoms with E-state index in [9.17, 15) is 9.18 Å². The lowest BCUT2D eigenvalue weighted by Gasteiger charge is -2.19. The molecule has 3 rings (SSSR count). The van der Waals surface area contributed by atoms with Gasteiger partial charge in [0.25, 0.3) is 5.91 Å². The standard InChI is InChI=1S/C19H21FN2O2/c1-24-18-9-5-14(6-10-18)12-22(17-7-8-17)13-19(23)21-16-4-2-3-15(20)11-16/h2-6,9-11,17H,7-8,12-13H2,1H3,(H,21,23)/p+1. The first-order valence-corrected chi connectivity index (χ1v) is 8.17. The Morgan fingerprint density at radius 2 is 2.00 bits per heavy atom. The van der Waals surface area contributed by atoms with Crippen LogP contribution in [0.1, 0.15) is 18.4 Å². The third-order valence-electron chi connectivity index (χ3n) is 4.24. The van der Waals surface area contributed by atoms with Gasteiger partial charge in [-0.3, -0.25) is 4.79 Å². The van der Waals surface area contributed by atoms with E-state index < -0.39 is 0 Å². The molecule has 1 fully saturated rings. The van der Waals surface area contributed by atoms with Gasteiger partial charge in [-0.25, -0.2) is 4.39 Å². The van der Waals surface area contributed by atoms with Crippen LogP contribution in [-0.2, 0) is 11.3 Å². The summed E-state index contributed by atoms with van der Waals surface area (Å²) in [6, 6.07) is 14.5. The number of methoxy groups -OCH3 is 1. The van der Waals surface area contributed by atoms with Crippen LogP contribution < -0.4 is 15.0 Å². The SMILES string of the molecule is COc1ccc(C[NH+](CC(=O)Nc2cccc(F)c2)C2CC2)cc1. The van der Waals surface area contributed by atoms with Gasteiger partial charge in [0.05, 0.1) is 13.2 Å². The number of hydrogen-bond donors (Lipinski definition) is 2. The van der Waals surface area contributed by atoms with E-state index in [0.29, 0.717) is 18.3 Å². The van der Waals surface area contributed by atoms with Gasteiger partial charge in [-0.05, 0) is 42.5 Å². The zero-order valence-corrected chi connectivity index (χ0v) is 13.7. The molecule has 1 aliphatic rings. The van der Waals surface area contributed by atoms with Crippen LogP contribution in [0.15, 0.2) is 48.5 Å². The minimum Gasteiger partial charge on any atom is -0.497 e. The largest absolute Gasteiger partial charge is 0.497 e. The number of nitrogens with one attached hydrogen (secondary N) is 2. The first-order valence-electron chi connectivity index (χ1n) is 8.17. The number of benzene rings is 2. The van der Waals surface area contributed by atoms with Gasteiger partial charge in [0, 0.05) is 24.1 Å². The molecule has 2 N–H and O–H groups in total. The van der Waals surface area contributed by atoms with Gasteiger partial charge in [0.2, 0.25) is 0 Å². The second kappa shape index (κ2) is 7.45. The predicted octanol–water partition coefficient (Wildman–Crippen LogP) is 2.02. The highest BCUT2D eigenvalue weighted by molar-refractivity contribution is 5.91. The first kappa shape index (κ1) is 16.5. The van der Waals surface area contributed by atoms with Gasteiger partial charge in [-0.1, -0.05) is 6.07 Å². The second-order valence-corrected chi connectivity index (χ2v) is 6.19. The highest BCUT2D eigenvalue weighted by Gasteiger charge is 2.34. The van der Waals surface area contributed by atoms with E-state index in [1.807, 2.05) is 24.3 Å². The molecule has 0 aliphatic heterocycles. The van der Waals surface area contributed by atoms with Crippen LogP contribution in [0.25, 0.3) is 0 Å². The minimum atomic E-state index is -0.350. The van der Waals surface area contributed by atoms with Crippen molar-refractivity contribution in [1.82, 2.24) is 0 Å². The summed E-state index contributed by atoms with van der Waals surface area (Å²) in [6.45, 7) is 1.18. The molecule has 4 nitrogen and oxygen atoms in total. The highest BCUT2D eigenvalue weighted by atomic mass is 19.1. The molecule has 1 atom stereocenters. The summed E-state index contributed by atoms with van der Waals surface area (Å²) in [5.74, 6) is 0.393. The molecular formula is C19H22FN2O2+. The molecule has 0 bridgehead atoms. The zero-order valence-electron chi connectivity index (χ0n) is 13.7. The van der Waals surface area contributed by atoms with Crippen molar-refractivity contribution in [2.45, 2.75) is 25.4 Å². The van der Waals surface area contributed by atoms with Crippen LogP contribution in [-0.4, -0.2) is 25.6 Å². The van der Waals surface area contributed by atoms with Crippen molar-refractivity contribution >= 4 is 11.6 Å². The normalized spacial score (nSPS) is 14.9. The summed E-state index contributed by atoms with van der Waals surface area (Å²) < 4.78 is 18.4. The molecule has 1 aliphatic carbocycles. The Hall–Kier alpha value is -2.40. The Labute approximate surface area is 141 Å². The Bertz CT molecular complexity index is 699. The molecule has 2 aromatic carbocycles. The lowest BCUT2D eigenvalue weighted by molar-refractivity contribution is -0.916. The quantitative estimate of drug-likeness (QED) is 0.816. The number of rotatable bonds is 7. The topological polar surface area (TPSA) is 42.8 Å². The molecule has 0 aromatic heterocycles. The molecule has 1 saturated carbocycles. The summed E-state index contributed by atoms with van der Waals surface area (Å²) >= 11 is 0. The summed E-state index contributed by atoms with van der Waals surface area (Å²) in [5.41, 5.74) is 1.68. The maximum Gasteiger partial charge on any atom is 0.279 e. The van der Waals surface area contributed by atoms with Crippen molar-refractivity contribution in [3.63, 3.8) is 0 Å². The summed E-state index contributed by atoms with van der Waals surface area (Å²) in [6.07, 6.45) is 2.30. The zero-order chi connectivity index (χ0) is 16.9. The minimum absolute atomic E-state index is 0.0870. The smallest absolute Gasteiger partial charge is 0.279 e. The van der Waals surface area contributed by atoms with E-state index in [2.05, 4.69) is 5.32 Å². The molecule has 1 unspecified atom stereocenters. The van der Waals surface area contributed by atoms with E-state index in [1.54, 1.807) is 19.2 Å². The fraction of sp³-hybridized carbons (Fsp3) is 0.316. The number of amides is 1. The van der Waals surface area contributed by atoms with E-state index in [4.69, 9.17) is 4.74 Å².